The molecule has 20 heavy (non-hydrogen) atoms. The van der Waals surface area contributed by atoms with Crippen LogP contribution in [0.25, 0.3) is 0 Å². The first-order valence-electron chi connectivity index (χ1n) is 6.31. The van der Waals surface area contributed by atoms with E-state index in [0.717, 1.165) is 5.56 Å². The van der Waals surface area contributed by atoms with Crippen molar-refractivity contribution in [3.05, 3.63) is 75.1 Å². The molecule has 0 aliphatic carbocycles. The Morgan fingerprint density at radius 3 is 2.55 bits per heavy atom. The number of aryl methyl sites for hydroxylation is 1. The largest absolute Gasteiger partial charge is 0.320 e. The molecule has 104 valence electrons. The molecule has 1 unspecified atom stereocenters. The van der Waals surface area contributed by atoms with E-state index in [1.54, 1.807) is 24.3 Å². The molecule has 4 nitrogen and oxygen atoms in total. The van der Waals surface area contributed by atoms with Crippen molar-refractivity contribution in [3.8, 4) is 0 Å². The minimum absolute atomic E-state index is 0.0380. The van der Waals surface area contributed by atoms with Gasteiger partial charge in [0.15, 0.2) is 0 Å². The van der Waals surface area contributed by atoms with Crippen molar-refractivity contribution >= 4 is 5.69 Å². The van der Waals surface area contributed by atoms with Gasteiger partial charge in [-0.25, -0.2) is 4.39 Å². The molecule has 2 aromatic carbocycles. The van der Waals surface area contributed by atoms with Crippen molar-refractivity contribution in [2.75, 3.05) is 0 Å². The van der Waals surface area contributed by atoms with Gasteiger partial charge in [0.2, 0.25) is 0 Å². The molecule has 2 rings (SSSR count). The second-order valence-corrected chi connectivity index (χ2v) is 4.49. The molecule has 2 aromatic rings. The van der Waals surface area contributed by atoms with Crippen molar-refractivity contribution in [2.24, 2.45) is 5.73 Å². The molecule has 0 saturated carbocycles. The van der Waals surface area contributed by atoms with Gasteiger partial charge in [-0.1, -0.05) is 31.2 Å². The Kier molecular flexibility index (Phi) is 4.10. The third-order valence-electron chi connectivity index (χ3n) is 3.30. The lowest BCUT2D eigenvalue weighted by Gasteiger charge is -2.16. The number of hydrogen-bond acceptors (Lipinski definition) is 3. The summed E-state index contributed by atoms with van der Waals surface area (Å²) >= 11 is 0. The Morgan fingerprint density at radius 2 is 1.95 bits per heavy atom. The van der Waals surface area contributed by atoms with Crippen LogP contribution in [0.3, 0.4) is 0 Å². The third-order valence-corrected chi connectivity index (χ3v) is 3.30. The van der Waals surface area contributed by atoms with Gasteiger partial charge in [-0.2, -0.15) is 0 Å². The number of nitro groups is 1. The Bertz CT molecular complexity index is 644. The Labute approximate surface area is 116 Å². The molecule has 0 aliphatic heterocycles. The van der Waals surface area contributed by atoms with Gasteiger partial charge < -0.3 is 5.73 Å². The summed E-state index contributed by atoms with van der Waals surface area (Å²) in [5.41, 5.74) is 7.87. The lowest BCUT2D eigenvalue weighted by molar-refractivity contribution is -0.384. The molecule has 0 radical (unpaired) electrons. The maximum absolute atomic E-state index is 13.8. The lowest BCUT2D eigenvalue weighted by atomic mass is 9.93. The van der Waals surface area contributed by atoms with Gasteiger partial charge in [0.1, 0.15) is 5.82 Å². The number of rotatable bonds is 4. The first-order chi connectivity index (χ1) is 9.54. The van der Waals surface area contributed by atoms with E-state index < -0.39 is 16.8 Å². The Balaban J connectivity index is 2.52. The number of nitro benzene ring substituents is 1. The van der Waals surface area contributed by atoms with Crippen LogP contribution in [0.4, 0.5) is 10.1 Å². The van der Waals surface area contributed by atoms with Gasteiger partial charge in [-0.15, -0.1) is 0 Å². The quantitative estimate of drug-likeness (QED) is 0.686. The van der Waals surface area contributed by atoms with Crippen LogP contribution in [-0.2, 0) is 6.42 Å². The van der Waals surface area contributed by atoms with Crippen LogP contribution in [0.2, 0.25) is 0 Å². The SMILES string of the molecule is CCc1ccc([N+](=O)[O-])cc1C(N)c1ccccc1F. The molecule has 0 aromatic heterocycles. The molecule has 5 heteroatoms. The summed E-state index contributed by atoms with van der Waals surface area (Å²) in [6.45, 7) is 1.93. The molecule has 1 atom stereocenters. The second kappa shape index (κ2) is 5.79. The maximum Gasteiger partial charge on any atom is 0.269 e. The predicted octanol–water partition coefficient (Wildman–Crippen LogP) is 3.34. The molecule has 0 aliphatic rings. The highest BCUT2D eigenvalue weighted by Gasteiger charge is 2.19. The lowest BCUT2D eigenvalue weighted by Crippen LogP contribution is -2.15. The Morgan fingerprint density at radius 1 is 1.25 bits per heavy atom. The molecule has 0 heterocycles. The van der Waals surface area contributed by atoms with Crippen LogP contribution >= 0.6 is 0 Å². The number of benzene rings is 2. The van der Waals surface area contributed by atoms with Crippen LogP contribution in [0, 0.1) is 15.9 Å². The molecule has 0 saturated heterocycles. The fraction of sp³-hybridized carbons (Fsp3) is 0.200. The van der Waals surface area contributed by atoms with Crippen molar-refractivity contribution < 1.29 is 9.31 Å². The smallest absolute Gasteiger partial charge is 0.269 e. The number of nitrogens with zero attached hydrogens (tertiary/aromatic N) is 1. The summed E-state index contributed by atoms with van der Waals surface area (Å²) in [6.07, 6.45) is 0.676. The first-order valence-corrected chi connectivity index (χ1v) is 6.31. The standard InChI is InChI=1S/C15H15FN2O2/c1-2-10-7-8-11(18(19)20)9-13(10)15(17)12-5-3-4-6-14(12)16/h3-9,15H,2,17H2,1H3. The zero-order valence-corrected chi connectivity index (χ0v) is 11.0. The summed E-state index contributed by atoms with van der Waals surface area (Å²) in [6, 6.07) is 10.0. The highest BCUT2D eigenvalue weighted by Crippen LogP contribution is 2.28. The van der Waals surface area contributed by atoms with Crippen molar-refractivity contribution in [1.82, 2.24) is 0 Å². The highest BCUT2D eigenvalue weighted by molar-refractivity contribution is 5.45. The minimum Gasteiger partial charge on any atom is -0.320 e. The average Bonchev–Trinajstić information content (AvgIpc) is 2.46. The van der Waals surface area contributed by atoms with Crippen LogP contribution < -0.4 is 5.73 Å². The van der Waals surface area contributed by atoms with Crippen LogP contribution in [0.15, 0.2) is 42.5 Å². The summed E-state index contributed by atoms with van der Waals surface area (Å²) in [4.78, 5) is 10.4. The minimum atomic E-state index is -0.717. The third kappa shape index (κ3) is 2.67. The van der Waals surface area contributed by atoms with Crippen LogP contribution in [0.1, 0.15) is 29.7 Å². The highest BCUT2D eigenvalue weighted by atomic mass is 19.1. The summed E-state index contributed by atoms with van der Waals surface area (Å²) in [7, 11) is 0. The topological polar surface area (TPSA) is 69.2 Å². The van der Waals surface area contributed by atoms with Gasteiger partial charge in [0, 0.05) is 17.7 Å². The molecule has 0 bridgehead atoms. The molecular weight excluding hydrogens is 259 g/mol. The van der Waals surface area contributed by atoms with E-state index in [4.69, 9.17) is 5.73 Å². The summed E-state index contributed by atoms with van der Waals surface area (Å²) < 4.78 is 13.8. The predicted molar refractivity (Wildman–Crippen MR) is 74.9 cm³/mol. The molecule has 0 spiro atoms. The van der Waals surface area contributed by atoms with E-state index >= 15 is 0 Å². The molecule has 0 amide bonds. The average molecular weight is 274 g/mol. The van der Waals surface area contributed by atoms with Gasteiger partial charge in [-0.3, -0.25) is 10.1 Å². The summed E-state index contributed by atoms with van der Waals surface area (Å²) in [5, 5.41) is 10.9. The summed E-state index contributed by atoms with van der Waals surface area (Å²) in [5.74, 6) is -0.409. The zero-order chi connectivity index (χ0) is 14.7. The number of nitrogens with two attached hydrogens (primary N) is 1. The van der Waals surface area contributed by atoms with Crippen LogP contribution in [0.5, 0.6) is 0 Å². The van der Waals surface area contributed by atoms with E-state index in [2.05, 4.69) is 0 Å². The molecule has 2 N–H and O–H groups in total. The van der Waals surface area contributed by atoms with Crippen molar-refractivity contribution in [3.63, 3.8) is 0 Å². The number of halogens is 1. The van der Waals surface area contributed by atoms with Crippen molar-refractivity contribution in [1.29, 1.82) is 0 Å². The van der Waals surface area contributed by atoms with E-state index in [1.807, 2.05) is 6.92 Å². The van der Waals surface area contributed by atoms with Gasteiger partial charge in [0.05, 0.1) is 11.0 Å². The van der Waals surface area contributed by atoms with Gasteiger partial charge in [-0.05, 0) is 23.6 Å². The van der Waals surface area contributed by atoms with Gasteiger partial charge >= 0.3 is 0 Å². The van der Waals surface area contributed by atoms with E-state index in [9.17, 15) is 14.5 Å². The van der Waals surface area contributed by atoms with Crippen LogP contribution in [-0.4, -0.2) is 4.92 Å². The number of hydrogen-bond donors (Lipinski definition) is 1. The Hall–Kier alpha value is -2.27. The first kappa shape index (κ1) is 14.1. The zero-order valence-electron chi connectivity index (χ0n) is 11.0. The number of non-ortho nitro benzene ring substituents is 1. The fourth-order valence-corrected chi connectivity index (χ4v) is 2.20. The fourth-order valence-electron chi connectivity index (χ4n) is 2.20. The van der Waals surface area contributed by atoms with Crippen molar-refractivity contribution in [2.45, 2.75) is 19.4 Å². The van der Waals surface area contributed by atoms with E-state index in [-0.39, 0.29) is 5.69 Å². The monoisotopic (exact) mass is 274 g/mol. The van der Waals surface area contributed by atoms with Gasteiger partial charge in [0.25, 0.3) is 5.69 Å². The molecule has 0 fully saturated rings. The van der Waals surface area contributed by atoms with E-state index in [0.29, 0.717) is 17.5 Å². The molecular formula is C15H15FN2O2. The normalized spacial score (nSPS) is 12.2. The van der Waals surface area contributed by atoms with E-state index in [1.165, 1.54) is 18.2 Å². The maximum atomic E-state index is 13.8. The second-order valence-electron chi connectivity index (χ2n) is 4.49.